The van der Waals surface area contributed by atoms with Crippen LogP contribution in [-0.4, -0.2) is 42.6 Å². The van der Waals surface area contributed by atoms with E-state index in [0.29, 0.717) is 17.8 Å². The van der Waals surface area contributed by atoms with Gasteiger partial charge < -0.3 is 14.7 Å². The van der Waals surface area contributed by atoms with Gasteiger partial charge in [-0.05, 0) is 105 Å². The molecule has 7 nitrogen and oxygen atoms in total. The minimum Gasteiger partial charge on any atom is -0.444 e. The molecule has 6 unspecified atom stereocenters. The number of H-pyrrole nitrogens is 2. The highest BCUT2D eigenvalue weighted by atomic mass is 16.6. The molecule has 0 saturated heterocycles. The van der Waals surface area contributed by atoms with Crippen molar-refractivity contribution in [2.45, 2.75) is 79.0 Å². The van der Waals surface area contributed by atoms with Crippen molar-refractivity contribution in [3.63, 3.8) is 0 Å². The van der Waals surface area contributed by atoms with Gasteiger partial charge in [0.2, 0.25) is 0 Å². The molecule has 0 aliphatic heterocycles. The van der Waals surface area contributed by atoms with Gasteiger partial charge in [0, 0.05) is 29.0 Å². The van der Waals surface area contributed by atoms with Gasteiger partial charge in [0.15, 0.2) is 0 Å². The van der Waals surface area contributed by atoms with Crippen molar-refractivity contribution >= 4 is 27.9 Å². The quantitative estimate of drug-likeness (QED) is 0.129. The predicted octanol–water partition coefficient (Wildman–Crippen LogP) is 9.46. The summed E-state index contributed by atoms with van der Waals surface area (Å²) in [6.07, 6.45) is 5.84. The molecule has 0 radical (unpaired) electrons. The molecule has 0 bridgehead atoms. The molecule has 252 valence electrons. The van der Waals surface area contributed by atoms with E-state index in [0.717, 1.165) is 80.5 Å². The smallest absolute Gasteiger partial charge is 0.411 e. The van der Waals surface area contributed by atoms with E-state index < -0.39 is 5.60 Å². The lowest BCUT2D eigenvalue weighted by molar-refractivity contribution is 0.0127. The summed E-state index contributed by atoms with van der Waals surface area (Å²) in [5.41, 5.74) is 5.29. The first-order chi connectivity index (χ1) is 23.4. The van der Waals surface area contributed by atoms with Crippen LogP contribution in [0.1, 0.15) is 83.7 Å². The van der Waals surface area contributed by atoms with Crippen LogP contribution in [-0.2, 0) is 11.2 Å². The Morgan fingerprint density at radius 2 is 1.71 bits per heavy atom. The van der Waals surface area contributed by atoms with E-state index in [1.807, 2.05) is 44.9 Å². The van der Waals surface area contributed by atoms with Crippen LogP contribution in [0.2, 0.25) is 0 Å². The van der Waals surface area contributed by atoms with E-state index in [4.69, 9.17) is 9.72 Å². The third-order valence-corrected chi connectivity index (χ3v) is 10.8. The van der Waals surface area contributed by atoms with Crippen molar-refractivity contribution < 1.29 is 9.53 Å². The number of ether oxygens (including phenoxy) is 1. The number of benzene rings is 3. The summed E-state index contributed by atoms with van der Waals surface area (Å²) in [6, 6.07) is 18.6. The normalized spacial score (nSPS) is 23.5. The summed E-state index contributed by atoms with van der Waals surface area (Å²) in [5, 5.41) is 2.12. The molecule has 0 spiro atoms. The predicted molar refractivity (Wildman–Crippen MR) is 197 cm³/mol. The largest absolute Gasteiger partial charge is 0.444 e. The van der Waals surface area contributed by atoms with E-state index in [1.165, 1.54) is 0 Å². The third-order valence-electron chi connectivity index (χ3n) is 10.8. The zero-order chi connectivity index (χ0) is 34.6. The fourth-order valence-corrected chi connectivity index (χ4v) is 7.47. The summed E-state index contributed by atoms with van der Waals surface area (Å²) in [5.74, 6) is 11.4. The fraction of sp³-hybridized carbons (Fsp3) is 0.405. The SMILES string of the molecule is C=CC1C(C)C1CCc1ncc(-c2ccc(C#Cc3ccc4c(ccc5[nH]c(C(C)N(C(=O)OC(C)(C)C)C6C(C)C6C)nc54)c3)cc2)[nH]1. The number of nitrogens with one attached hydrogen (secondary N) is 2. The number of imidazole rings is 2. The van der Waals surface area contributed by atoms with Crippen molar-refractivity contribution in [1.29, 1.82) is 0 Å². The van der Waals surface area contributed by atoms with E-state index in [2.05, 4.69) is 109 Å². The van der Waals surface area contributed by atoms with Crippen molar-refractivity contribution in [2.24, 2.45) is 29.6 Å². The van der Waals surface area contributed by atoms with Crippen LogP contribution < -0.4 is 0 Å². The third kappa shape index (κ3) is 6.62. The Balaban J connectivity index is 1.05. The molecule has 2 saturated carbocycles. The second-order valence-corrected chi connectivity index (χ2v) is 15.2. The van der Waals surface area contributed by atoms with E-state index >= 15 is 0 Å². The average molecular weight is 654 g/mol. The first-order valence-electron chi connectivity index (χ1n) is 17.6. The lowest BCUT2D eigenvalue weighted by Gasteiger charge is -2.31. The fourth-order valence-electron chi connectivity index (χ4n) is 7.47. The number of fused-ring (bicyclic) bond motifs is 3. The highest BCUT2D eigenvalue weighted by molar-refractivity contribution is 6.04. The molecule has 2 aliphatic carbocycles. The van der Waals surface area contributed by atoms with Crippen LogP contribution >= 0.6 is 0 Å². The molecular formula is C42H47N5O2. The van der Waals surface area contributed by atoms with E-state index in [-0.39, 0.29) is 18.2 Å². The molecule has 1 amide bonds. The highest BCUT2D eigenvalue weighted by Crippen LogP contribution is 2.49. The van der Waals surface area contributed by atoms with Crippen LogP contribution in [0.25, 0.3) is 33.1 Å². The number of nitrogens with zero attached hydrogens (tertiary/aromatic N) is 3. The van der Waals surface area contributed by atoms with Crippen LogP contribution in [0.5, 0.6) is 0 Å². The number of aromatic nitrogens is 4. The van der Waals surface area contributed by atoms with Gasteiger partial charge >= 0.3 is 6.09 Å². The number of carbonyl (C=O) groups excluding carboxylic acids is 1. The van der Waals surface area contributed by atoms with E-state index in [9.17, 15) is 4.79 Å². The molecule has 5 aromatic rings. The summed E-state index contributed by atoms with van der Waals surface area (Å²) < 4.78 is 5.83. The van der Waals surface area contributed by atoms with Gasteiger partial charge in [0.05, 0.1) is 29.0 Å². The van der Waals surface area contributed by atoms with Crippen LogP contribution in [0.15, 0.2) is 73.4 Å². The Hall–Kier alpha value is -4.83. The Bertz CT molecular complexity index is 2080. The van der Waals surface area contributed by atoms with Gasteiger partial charge in [-0.1, -0.05) is 63.0 Å². The first kappa shape index (κ1) is 32.7. The second kappa shape index (κ2) is 12.6. The van der Waals surface area contributed by atoms with Crippen molar-refractivity contribution in [2.75, 3.05) is 0 Å². The molecule has 2 aromatic heterocycles. The minimum atomic E-state index is -0.570. The van der Waals surface area contributed by atoms with E-state index in [1.54, 1.807) is 0 Å². The van der Waals surface area contributed by atoms with Gasteiger partial charge in [-0.2, -0.15) is 0 Å². The van der Waals surface area contributed by atoms with Gasteiger partial charge in [0.25, 0.3) is 0 Å². The van der Waals surface area contributed by atoms with Crippen molar-refractivity contribution in [3.8, 4) is 23.1 Å². The molecule has 3 aromatic carbocycles. The molecule has 2 fully saturated rings. The molecule has 2 heterocycles. The molecule has 6 atom stereocenters. The summed E-state index contributed by atoms with van der Waals surface area (Å²) in [6.45, 7) is 18.4. The lowest BCUT2D eigenvalue weighted by atomic mass is 10.1. The number of hydrogen-bond acceptors (Lipinski definition) is 4. The second-order valence-electron chi connectivity index (χ2n) is 15.2. The van der Waals surface area contributed by atoms with Gasteiger partial charge in [0.1, 0.15) is 17.2 Å². The molecular weight excluding hydrogens is 606 g/mol. The number of carbonyl (C=O) groups is 1. The lowest BCUT2D eigenvalue weighted by Crippen LogP contribution is -2.41. The Morgan fingerprint density at radius 3 is 2.39 bits per heavy atom. The maximum atomic E-state index is 13.4. The topological polar surface area (TPSA) is 86.9 Å². The van der Waals surface area contributed by atoms with Crippen LogP contribution in [0.4, 0.5) is 4.79 Å². The molecule has 7 rings (SSSR count). The monoisotopic (exact) mass is 653 g/mol. The highest BCUT2D eigenvalue weighted by Gasteiger charge is 2.52. The van der Waals surface area contributed by atoms with Gasteiger partial charge in [-0.15, -0.1) is 6.58 Å². The minimum absolute atomic E-state index is 0.127. The maximum absolute atomic E-state index is 13.4. The van der Waals surface area contributed by atoms with Crippen LogP contribution in [0, 0.1) is 41.4 Å². The molecule has 49 heavy (non-hydrogen) atoms. The number of rotatable bonds is 8. The number of aromatic amines is 2. The standard InChI is InChI=1S/C42H47N5O2/c1-9-32-26(4)33(32)19-21-37-43-23-36(44-37)30-15-12-28(13-16-30)10-11-29-14-18-34-31(22-29)17-20-35-38(34)46-40(45-35)27(5)47(39-24(2)25(39)3)41(48)49-42(6,7)8/h9,12-18,20,22-27,32-33,39H,1,19,21H2,2-8H3,(H,43,44)(H,45,46). The zero-order valence-corrected chi connectivity index (χ0v) is 29.7. The molecule has 2 aliphatic rings. The Labute approximate surface area is 289 Å². The number of allylic oxidation sites excluding steroid dienone is 1. The Kier molecular flexibility index (Phi) is 8.39. The number of aryl methyl sites for hydroxylation is 1. The number of amides is 1. The van der Waals surface area contributed by atoms with Crippen molar-refractivity contribution in [3.05, 3.63) is 96.2 Å². The van der Waals surface area contributed by atoms with Gasteiger partial charge in [-0.3, -0.25) is 4.90 Å². The zero-order valence-electron chi connectivity index (χ0n) is 29.7. The summed E-state index contributed by atoms with van der Waals surface area (Å²) >= 11 is 0. The number of hydrogen-bond donors (Lipinski definition) is 2. The molecule has 7 heteroatoms. The maximum Gasteiger partial charge on any atom is 0.411 e. The summed E-state index contributed by atoms with van der Waals surface area (Å²) in [4.78, 5) is 31.9. The van der Waals surface area contributed by atoms with Gasteiger partial charge in [-0.25, -0.2) is 14.8 Å². The van der Waals surface area contributed by atoms with Crippen molar-refractivity contribution in [1.82, 2.24) is 24.8 Å². The molecule has 2 N–H and O–H groups in total. The summed E-state index contributed by atoms with van der Waals surface area (Å²) in [7, 11) is 0. The Morgan fingerprint density at radius 1 is 1.00 bits per heavy atom. The average Bonchev–Trinajstić information content (AvgIpc) is 3.63. The van der Waals surface area contributed by atoms with Crippen LogP contribution in [0.3, 0.4) is 0 Å². The first-order valence-corrected chi connectivity index (χ1v) is 17.6.